The van der Waals surface area contributed by atoms with Crippen LogP contribution in [0.25, 0.3) is 0 Å². The lowest BCUT2D eigenvalue weighted by Crippen LogP contribution is -2.51. The van der Waals surface area contributed by atoms with Gasteiger partial charge in [0.25, 0.3) is 0 Å². The van der Waals surface area contributed by atoms with Gasteiger partial charge in [-0.3, -0.25) is 4.79 Å². The maximum atomic E-state index is 12.3. The Morgan fingerprint density at radius 1 is 1.53 bits per heavy atom. The highest BCUT2D eigenvalue weighted by molar-refractivity contribution is 8.00. The summed E-state index contributed by atoms with van der Waals surface area (Å²) in [5.41, 5.74) is 0. The van der Waals surface area contributed by atoms with Gasteiger partial charge in [0.2, 0.25) is 5.91 Å². The van der Waals surface area contributed by atoms with Crippen molar-refractivity contribution >= 4 is 17.7 Å². The molecule has 2 aliphatic rings. The number of carbonyl (C=O) groups is 1. The van der Waals surface area contributed by atoms with Crippen molar-refractivity contribution < 1.29 is 9.53 Å². The summed E-state index contributed by atoms with van der Waals surface area (Å²) in [6, 6.07) is -0.0427. The van der Waals surface area contributed by atoms with E-state index in [0.29, 0.717) is 0 Å². The van der Waals surface area contributed by atoms with E-state index in [-0.39, 0.29) is 22.8 Å². The van der Waals surface area contributed by atoms with Gasteiger partial charge in [-0.2, -0.15) is 11.8 Å². The fourth-order valence-corrected chi connectivity index (χ4v) is 3.61. The van der Waals surface area contributed by atoms with Gasteiger partial charge >= 0.3 is 0 Å². The Morgan fingerprint density at radius 2 is 2.29 bits per heavy atom. The maximum absolute atomic E-state index is 12.3. The van der Waals surface area contributed by atoms with Crippen LogP contribution in [-0.4, -0.2) is 60.2 Å². The van der Waals surface area contributed by atoms with Crippen LogP contribution in [-0.2, 0) is 9.53 Å². The Balaban J connectivity index is 1.92. The topological polar surface area (TPSA) is 41.6 Å². The summed E-state index contributed by atoms with van der Waals surface area (Å²) in [7, 11) is 1.71. The molecule has 4 nitrogen and oxygen atoms in total. The van der Waals surface area contributed by atoms with Crippen LogP contribution in [0.15, 0.2) is 0 Å². The van der Waals surface area contributed by atoms with Crippen LogP contribution in [0, 0.1) is 0 Å². The third-order valence-corrected chi connectivity index (χ3v) is 4.76. The van der Waals surface area contributed by atoms with Gasteiger partial charge in [0, 0.05) is 37.2 Å². The molecule has 2 atom stereocenters. The van der Waals surface area contributed by atoms with Crippen LogP contribution in [0.3, 0.4) is 0 Å². The zero-order chi connectivity index (χ0) is 12.5. The quantitative estimate of drug-likeness (QED) is 0.792. The van der Waals surface area contributed by atoms with E-state index < -0.39 is 0 Å². The van der Waals surface area contributed by atoms with Crippen LogP contribution in [0.4, 0.5) is 0 Å². The van der Waals surface area contributed by atoms with Crippen molar-refractivity contribution in [1.29, 1.82) is 0 Å². The van der Waals surface area contributed by atoms with E-state index in [1.807, 2.05) is 16.7 Å². The summed E-state index contributed by atoms with van der Waals surface area (Å²) in [6.45, 7) is 6.93. The molecule has 2 fully saturated rings. The number of ether oxygens (including phenoxy) is 1. The van der Waals surface area contributed by atoms with E-state index in [4.69, 9.17) is 4.74 Å². The SMILES string of the molecule is COC1CNC(C(=O)N2CCSC(C)(C)C2)C1. The Kier molecular flexibility index (Phi) is 4.00. The number of amides is 1. The molecule has 1 N–H and O–H groups in total. The Bertz CT molecular complexity index is 296. The molecule has 0 radical (unpaired) electrons. The molecule has 5 heteroatoms. The zero-order valence-corrected chi connectivity index (χ0v) is 11.7. The highest BCUT2D eigenvalue weighted by Gasteiger charge is 2.36. The second-order valence-corrected chi connectivity index (χ2v) is 7.22. The molecule has 0 aromatic rings. The predicted octanol–water partition coefficient (Wildman–Crippen LogP) is 0.717. The fraction of sp³-hybridized carbons (Fsp3) is 0.917. The molecule has 2 saturated heterocycles. The number of nitrogens with one attached hydrogen (secondary N) is 1. The molecular formula is C12H22N2O2S. The molecule has 0 aromatic carbocycles. The summed E-state index contributed by atoms with van der Waals surface area (Å²) in [5, 5.41) is 3.26. The minimum atomic E-state index is -0.0427. The average Bonchev–Trinajstić information content (AvgIpc) is 2.75. The summed E-state index contributed by atoms with van der Waals surface area (Å²) < 4.78 is 5.47. The lowest BCUT2D eigenvalue weighted by Gasteiger charge is -2.38. The van der Waals surface area contributed by atoms with Gasteiger partial charge in [0.1, 0.15) is 0 Å². The number of rotatable bonds is 2. The molecule has 0 saturated carbocycles. The molecule has 1 amide bonds. The lowest BCUT2D eigenvalue weighted by molar-refractivity contribution is -0.133. The lowest BCUT2D eigenvalue weighted by atomic mass is 10.1. The highest BCUT2D eigenvalue weighted by atomic mass is 32.2. The van der Waals surface area contributed by atoms with E-state index in [1.165, 1.54) is 0 Å². The van der Waals surface area contributed by atoms with E-state index in [9.17, 15) is 4.79 Å². The Morgan fingerprint density at radius 3 is 2.88 bits per heavy atom. The van der Waals surface area contributed by atoms with Gasteiger partial charge in [-0.05, 0) is 20.3 Å². The van der Waals surface area contributed by atoms with Gasteiger partial charge < -0.3 is 15.0 Å². The number of thioether (sulfide) groups is 1. The van der Waals surface area contributed by atoms with Gasteiger partial charge in [-0.1, -0.05) is 0 Å². The molecule has 0 spiro atoms. The van der Waals surface area contributed by atoms with Crippen LogP contribution in [0.2, 0.25) is 0 Å². The summed E-state index contributed by atoms with van der Waals surface area (Å²) >= 11 is 1.95. The van der Waals surface area contributed by atoms with Crippen molar-refractivity contribution in [1.82, 2.24) is 10.2 Å². The summed E-state index contributed by atoms with van der Waals surface area (Å²) in [5.74, 6) is 1.29. The smallest absolute Gasteiger partial charge is 0.239 e. The van der Waals surface area contributed by atoms with Crippen molar-refractivity contribution in [2.24, 2.45) is 0 Å². The van der Waals surface area contributed by atoms with Crippen LogP contribution in [0.1, 0.15) is 20.3 Å². The van der Waals surface area contributed by atoms with Crippen LogP contribution in [0.5, 0.6) is 0 Å². The van der Waals surface area contributed by atoms with Crippen molar-refractivity contribution in [3.05, 3.63) is 0 Å². The maximum Gasteiger partial charge on any atom is 0.239 e. The molecule has 2 unspecified atom stereocenters. The molecule has 2 aliphatic heterocycles. The Hall–Kier alpha value is -0.260. The molecular weight excluding hydrogens is 236 g/mol. The van der Waals surface area contributed by atoms with Gasteiger partial charge in [-0.25, -0.2) is 0 Å². The molecule has 0 bridgehead atoms. The minimum absolute atomic E-state index is 0.0427. The molecule has 17 heavy (non-hydrogen) atoms. The first-order valence-electron chi connectivity index (χ1n) is 6.21. The van der Waals surface area contributed by atoms with Crippen molar-refractivity contribution in [3.8, 4) is 0 Å². The van der Waals surface area contributed by atoms with Gasteiger partial charge in [0.15, 0.2) is 0 Å². The molecule has 98 valence electrons. The second-order valence-electron chi connectivity index (χ2n) is 5.42. The second kappa shape index (κ2) is 5.16. The average molecular weight is 258 g/mol. The minimum Gasteiger partial charge on any atom is -0.380 e. The number of carbonyl (C=O) groups excluding carboxylic acids is 1. The highest BCUT2D eigenvalue weighted by Crippen LogP contribution is 2.30. The zero-order valence-electron chi connectivity index (χ0n) is 10.9. The first kappa shape index (κ1) is 13.2. The van der Waals surface area contributed by atoms with Crippen molar-refractivity contribution in [2.75, 3.05) is 32.5 Å². The third-order valence-electron chi connectivity index (χ3n) is 3.46. The number of hydrogen-bond acceptors (Lipinski definition) is 4. The fourth-order valence-electron chi connectivity index (χ4n) is 2.50. The van der Waals surface area contributed by atoms with E-state index >= 15 is 0 Å². The van der Waals surface area contributed by atoms with Crippen LogP contribution >= 0.6 is 11.8 Å². The van der Waals surface area contributed by atoms with Crippen molar-refractivity contribution in [3.63, 3.8) is 0 Å². The van der Waals surface area contributed by atoms with Crippen molar-refractivity contribution in [2.45, 2.75) is 37.2 Å². The number of methoxy groups -OCH3 is 1. The van der Waals surface area contributed by atoms with Gasteiger partial charge in [-0.15, -0.1) is 0 Å². The molecule has 0 aromatic heterocycles. The first-order valence-corrected chi connectivity index (χ1v) is 7.19. The summed E-state index contributed by atoms with van der Waals surface area (Å²) in [4.78, 5) is 14.4. The third kappa shape index (κ3) is 3.14. The summed E-state index contributed by atoms with van der Waals surface area (Å²) in [6.07, 6.45) is 0.996. The molecule has 0 aliphatic carbocycles. The monoisotopic (exact) mass is 258 g/mol. The van der Waals surface area contributed by atoms with Crippen LogP contribution < -0.4 is 5.32 Å². The normalized spacial score (nSPS) is 32.8. The van der Waals surface area contributed by atoms with E-state index in [2.05, 4.69) is 19.2 Å². The number of nitrogens with zero attached hydrogens (tertiary/aromatic N) is 1. The predicted molar refractivity (Wildman–Crippen MR) is 70.3 cm³/mol. The first-order chi connectivity index (χ1) is 8.02. The van der Waals surface area contributed by atoms with Gasteiger partial charge in [0.05, 0.1) is 12.1 Å². The molecule has 2 heterocycles. The van der Waals surface area contributed by atoms with E-state index in [0.717, 1.165) is 31.8 Å². The standard InChI is InChI=1S/C12H22N2O2S/c1-12(2)8-14(4-5-17-12)11(15)10-6-9(16-3)7-13-10/h9-10,13H,4-8H2,1-3H3. The van der Waals surface area contributed by atoms with E-state index in [1.54, 1.807) is 7.11 Å². The largest absolute Gasteiger partial charge is 0.380 e. The Labute approximate surface area is 107 Å². The molecule has 2 rings (SSSR count). The number of hydrogen-bond donors (Lipinski definition) is 1.